The maximum absolute atomic E-state index is 12.5. The first-order valence-electron chi connectivity index (χ1n) is 7.64. The van der Waals surface area contributed by atoms with E-state index in [-0.39, 0.29) is 12.5 Å². The van der Waals surface area contributed by atoms with E-state index in [1.54, 1.807) is 31.2 Å². The Hall–Kier alpha value is -2.17. The van der Waals surface area contributed by atoms with Gasteiger partial charge in [-0.2, -0.15) is 0 Å². The van der Waals surface area contributed by atoms with Gasteiger partial charge in [-0.15, -0.1) is 0 Å². The molecule has 5 heteroatoms. The monoisotopic (exact) mass is 303 g/mol. The molecule has 2 amide bonds. The van der Waals surface area contributed by atoms with Crippen molar-refractivity contribution in [1.29, 1.82) is 0 Å². The minimum Gasteiger partial charge on any atom is -0.464 e. The number of carbonyl (C=O) groups is 3. The van der Waals surface area contributed by atoms with E-state index in [0.717, 1.165) is 11.3 Å². The van der Waals surface area contributed by atoms with Crippen molar-refractivity contribution in [2.75, 3.05) is 6.61 Å². The van der Waals surface area contributed by atoms with E-state index in [9.17, 15) is 14.4 Å². The van der Waals surface area contributed by atoms with Crippen molar-refractivity contribution in [3.8, 4) is 0 Å². The van der Waals surface area contributed by atoms with Gasteiger partial charge >= 0.3 is 5.97 Å². The Morgan fingerprint density at radius 1 is 1.14 bits per heavy atom. The number of carbonyl (C=O) groups excluding carboxylic acids is 3. The summed E-state index contributed by atoms with van der Waals surface area (Å²) in [5.74, 6) is -1.14. The molecule has 1 aromatic carbocycles. The number of amides is 2. The molecule has 0 saturated heterocycles. The zero-order valence-corrected chi connectivity index (χ0v) is 13.2. The number of imide groups is 1. The number of ether oxygens (including phenoxy) is 1. The number of rotatable bonds is 6. The lowest BCUT2D eigenvalue weighted by molar-refractivity contribution is -0.148. The predicted octanol–water partition coefficient (Wildman–Crippen LogP) is 2.65. The van der Waals surface area contributed by atoms with Gasteiger partial charge in [0, 0.05) is 0 Å². The second kappa shape index (κ2) is 6.73. The second-order valence-corrected chi connectivity index (χ2v) is 5.54. The molecule has 1 aliphatic rings. The summed E-state index contributed by atoms with van der Waals surface area (Å²) in [6.45, 7) is 5.93. The molecule has 1 aromatic rings. The van der Waals surface area contributed by atoms with Crippen LogP contribution in [0.3, 0.4) is 0 Å². The summed E-state index contributed by atoms with van der Waals surface area (Å²) >= 11 is 0. The zero-order valence-electron chi connectivity index (χ0n) is 13.2. The molecule has 5 nitrogen and oxygen atoms in total. The summed E-state index contributed by atoms with van der Waals surface area (Å²) in [6, 6.07) is 5.79. The number of hydrogen-bond acceptors (Lipinski definition) is 4. The highest BCUT2D eigenvalue weighted by Crippen LogP contribution is 2.28. The Labute approximate surface area is 130 Å². The lowest BCUT2D eigenvalue weighted by Gasteiger charge is -2.26. The molecule has 0 N–H and O–H groups in total. The van der Waals surface area contributed by atoms with Crippen molar-refractivity contribution in [2.24, 2.45) is 5.92 Å². The van der Waals surface area contributed by atoms with Gasteiger partial charge in [-0.1, -0.05) is 32.4 Å². The normalized spacial score (nSPS) is 16.4. The smallest absolute Gasteiger partial charge is 0.329 e. The molecule has 0 radical (unpaired) electrons. The number of benzene rings is 1. The molecule has 1 heterocycles. The van der Waals surface area contributed by atoms with E-state index in [1.165, 1.54) is 0 Å². The third-order valence-corrected chi connectivity index (χ3v) is 4.02. The Morgan fingerprint density at radius 2 is 1.68 bits per heavy atom. The highest BCUT2D eigenvalue weighted by atomic mass is 16.5. The van der Waals surface area contributed by atoms with Crippen LogP contribution in [0.1, 0.15) is 54.3 Å². The van der Waals surface area contributed by atoms with E-state index >= 15 is 0 Å². The Kier molecular flexibility index (Phi) is 4.96. The molecule has 0 aromatic heterocycles. The molecule has 2 atom stereocenters. The van der Waals surface area contributed by atoms with Crippen LogP contribution >= 0.6 is 0 Å². The molecule has 0 bridgehead atoms. The first-order chi connectivity index (χ1) is 10.5. The van der Waals surface area contributed by atoms with Gasteiger partial charge in [0.1, 0.15) is 6.04 Å². The summed E-state index contributed by atoms with van der Waals surface area (Å²) in [6.07, 6.45) is 1.28. The average molecular weight is 303 g/mol. The van der Waals surface area contributed by atoms with E-state index in [0.29, 0.717) is 17.5 Å². The first kappa shape index (κ1) is 16.2. The molecule has 22 heavy (non-hydrogen) atoms. The number of hydrogen-bond donors (Lipinski definition) is 0. The van der Waals surface area contributed by atoms with E-state index in [1.807, 2.05) is 13.8 Å². The van der Waals surface area contributed by atoms with Crippen LogP contribution in [-0.2, 0) is 9.53 Å². The van der Waals surface area contributed by atoms with Gasteiger partial charge in [0.2, 0.25) is 0 Å². The van der Waals surface area contributed by atoms with Gasteiger partial charge in [-0.3, -0.25) is 14.5 Å². The van der Waals surface area contributed by atoms with Gasteiger partial charge in [0.25, 0.3) is 11.8 Å². The summed E-state index contributed by atoms with van der Waals surface area (Å²) in [7, 11) is 0. The maximum Gasteiger partial charge on any atom is 0.329 e. The second-order valence-electron chi connectivity index (χ2n) is 5.54. The van der Waals surface area contributed by atoms with Crippen LogP contribution in [0.25, 0.3) is 0 Å². The van der Waals surface area contributed by atoms with Crippen LogP contribution in [0, 0.1) is 5.92 Å². The molecule has 0 saturated carbocycles. The van der Waals surface area contributed by atoms with Gasteiger partial charge in [-0.05, 0) is 31.4 Å². The minimum atomic E-state index is -0.859. The SMILES string of the molecule is CCOC(=O)C(CC(C)CC)N1C(=O)c2ccccc2C1=O. The van der Waals surface area contributed by atoms with Crippen molar-refractivity contribution < 1.29 is 19.1 Å². The van der Waals surface area contributed by atoms with Gasteiger partial charge in [-0.25, -0.2) is 4.79 Å². The zero-order chi connectivity index (χ0) is 16.3. The van der Waals surface area contributed by atoms with Crippen LogP contribution in [0.15, 0.2) is 24.3 Å². The summed E-state index contributed by atoms with van der Waals surface area (Å²) < 4.78 is 5.07. The van der Waals surface area contributed by atoms with Gasteiger partial charge < -0.3 is 4.74 Å². The average Bonchev–Trinajstić information content (AvgIpc) is 2.77. The Morgan fingerprint density at radius 3 is 2.14 bits per heavy atom. The molecule has 0 fully saturated rings. The molecule has 0 aliphatic carbocycles. The van der Waals surface area contributed by atoms with Crippen molar-refractivity contribution in [3.63, 3.8) is 0 Å². The van der Waals surface area contributed by atoms with Gasteiger partial charge in [0.05, 0.1) is 17.7 Å². The molecular formula is C17H21NO4. The Balaban J connectivity index is 2.34. The van der Waals surface area contributed by atoms with Crippen LogP contribution in [0.2, 0.25) is 0 Å². The number of fused-ring (bicyclic) bond motifs is 1. The van der Waals surface area contributed by atoms with Crippen LogP contribution in [-0.4, -0.2) is 35.3 Å². The molecule has 1 aliphatic heterocycles. The third kappa shape index (κ3) is 2.89. The van der Waals surface area contributed by atoms with Gasteiger partial charge in [0.15, 0.2) is 0 Å². The number of esters is 1. The summed E-state index contributed by atoms with van der Waals surface area (Å²) in [5.41, 5.74) is 0.705. The number of nitrogens with zero attached hydrogens (tertiary/aromatic N) is 1. The lowest BCUT2D eigenvalue weighted by Crippen LogP contribution is -2.46. The third-order valence-electron chi connectivity index (χ3n) is 4.02. The molecular weight excluding hydrogens is 282 g/mol. The Bertz CT molecular complexity index is 561. The predicted molar refractivity (Wildman–Crippen MR) is 81.4 cm³/mol. The van der Waals surface area contributed by atoms with Crippen LogP contribution in [0.4, 0.5) is 0 Å². The molecule has 118 valence electrons. The van der Waals surface area contributed by atoms with Crippen molar-refractivity contribution >= 4 is 17.8 Å². The largest absolute Gasteiger partial charge is 0.464 e. The van der Waals surface area contributed by atoms with Crippen LogP contribution in [0.5, 0.6) is 0 Å². The summed E-state index contributed by atoms with van der Waals surface area (Å²) in [4.78, 5) is 38.4. The molecule has 0 spiro atoms. The van der Waals surface area contributed by atoms with E-state index in [4.69, 9.17) is 4.74 Å². The van der Waals surface area contributed by atoms with Crippen molar-refractivity contribution in [3.05, 3.63) is 35.4 Å². The van der Waals surface area contributed by atoms with Crippen LogP contribution < -0.4 is 0 Å². The van der Waals surface area contributed by atoms with E-state index in [2.05, 4.69) is 0 Å². The maximum atomic E-state index is 12.5. The van der Waals surface area contributed by atoms with Crippen molar-refractivity contribution in [1.82, 2.24) is 4.90 Å². The summed E-state index contributed by atoms with van der Waals surface area (Å²) in [5, 5.41) is 0. The highest BCUT2D eigenvalue weighted by molar-refractivity contribution is 6.22. The fraction of sp³-hybridized carbons (Fsp3) is 0.471. The van der Waals surface area contributed by atoms with E-state index < -0.39 is 23.8 Å². The highest BCUT2D eigenvalue weighted by Gasteiger charge is 2.43. The quantitative estimate of drug-likeness (QED) is 0.598. The fourth-order valence-electron chi connectivity index (χ4n) is 2.58. The fourth-order valence-corrected chi connectivity index (χ4v) is 2.58. The lowest BCUT2D eigenvalue weighted by atomic mass is 9.98. The minimum absolute atomic E-state index is 0.207. The molecule has 2 unspecified atom stereocenters. The first-order valence-corrected chi connectivity index (χ1v) is 7.64. The topological polar surface area (TPSA) is 63.7 Å². The molecule has 2 rings (SSSR count). The van der Waals surface area contributed by atoms with Crippen molar-refractivity contribution in [2.45, 2.75) is 39.7 Å². The standard InChI is InChI=1S/C17H21NO4/c1-4-11(3)10-14(17(21)22-5-2)18-15(19)12-8-6-7-9-13(12)16(18)20/h6-9,11,14H,4-5,10H2,1-3H3.